The smallest absolute Gasteiger partial charge is 0.408 e. The Morgan fingerprint density at radius 2 is 1.49 bits per heavy atom. The van der Waals surface area contributed by atoms with Crippen molar-refractivity contribution in [2.45, 2.75) is 144 Å². The van der Waals surface area contributed by atoms with Crippen LogP contribution in [0.4, 0.5) is 18.4 Å². The van der Waals surface area contributed by atoms with E-state index in [0.717, 1.165) is 24.8 Å². The number of ether oxygens (including phenoxy) is 1. The average molecular weight is 832 g/mol. The van der Waals surface area contributed by atoms with Crippen molar-refractivity contribution in [1.29, 1.82) is 0 Å². The van der Waals surface area contributed by atoms with Crippen molar-refractivity contribution in [2.75, 3.05) is 13.1 Å². The van der Waals surface area contributed by atoms with Crippen LogP contribution in [0.1, 0.15) is 107 Å². The number of hydrogen-bond donors (Lipinski definition) is 6. The molecule has 0 bridgehead atoms. The third-order valence-corrected chi connectivity index (χ3v) is 13.1. The Bertz CT molecular complexity index is 1790. The summed E-state index contributed by atoms with van der Waals surface area (Å²) in [6, 6.07) is 3.37. The predicted molar refractivity (Wildman–Crippen MR) is 214 cm³/mol. The number of nitrogens with two attached hydrogens (primary N) is 1. The van der Waals surface area contributed by atoms with Gasteiger partial charge in [0.2, 0.25) is 29.9 Å². The van der Waals surface area contributed by atoms with Crippen LogP contribution >= 0.6 is 0 Å². The molecular formula is C42H63F2N7O8. The number of benzene rings is 1. The number of rotatable bonds is 15. The number of alkyl carbamates (subject to hydrolysis) is 1. The molecule has 1 aromatic carbocycles. The molecular weight excluding hydrogens is 768 g/mol. The van der Waals surface area contributed by atoms with Crippen LogP contribution in [0.15, 0.2) is 30.3 Å². The Hall–Kier alpha value is -4.83. The van der Waals surface area contributed by atoms with E-state index in [0.29, 0.717) is 0 Å². The van der Waals surface area contributed by atoms with Crippen LogP contribution in [0.2, 0.25) is 0 Å². The molecule has 0 aromatic heterocycles. The topological polar surface area (TPSA) is 218 Å². The SMILES string of the molecule is CC(C)(NC(=O)OCc1ccccc1)C(=O)NCC(NC(=O)N[C@H](C(=O)N1C[C@@]2(C[C@H]1C(=O)NC(CC(F)F)C(=O)C(N)=O)C(C)(C)C21CCC1)C(C)(C)C)C(C)(C)C. The van der Waals surface area contributed by atoms with Gasteiger partial charge in [-0.2, -0.15) is 0 Å². The Kier molecular flexibility index (Phi) is 13.5. The first-order chi connectivity index (χ1) is 27.1. The van der Waals surface area contributed by atoms with Crippen molar-refractivity contribution in [3.8, 4) is 0 Å². The highest BCUT2D eigenvalue weighted by Gasteiger charge is 2.85. The Morgan fingerprint density at radius 3 is 1.98 bits per heavy atom. The number of amides is 7. The van der Waals surface area contributed by atoms with E-state index >= 15 is 0 Å². The summed E-state index contributed by atoms with van der Waals surface area (Å²) >= 11 is 0. The van der Waals surface area contributed by atoms with Crippen molar-refractivity contribution in [3.63, 3.8) is 0 Å². The lowest BCUT2D eigenvalue weighted by atomic mass is 9.73. The van der Waals surface area contributed by atoms with Crippen molar-refractivity contribution in [3.05, 3.63) is 35.9 Å². The van der Waals surface area contributed by atoms with Gasteiger partial charge in [0.05, 0.1) is 6.04 Å². The van der Waals surface area contributed by atoms with Gasteiger partial charge in [0.1, 0.15) is 30.3 Å². The first kappa shape index (κ1) is 46.9. The number of hydrogen-bond acceptors (Lipinski definition) is 8. The van der Waals surface area contributed by atoms with Crippen LogP contribution in [0.3, 0.4) is 0 Å². The molecule has 15 nitrogen and oxygen atoms in total. The number of Topliss-reactive ketones (excluding diaryl/α,β-unsaturated/α-hetero) is 1. The number of ketones is 1. The number of nitrogens with one attached hydrogen (secondary N) is 5. The molecule has 7 amide bonds. The lowest BCUT2D eigenvalue weighted by Gasteiger charge is -2.37. The quantitative estimate of drug-likeness (QED) is 0.142. The maximum absolute atomic E-state index is 14.8. The summed E-state index contributed by atoms with van der Waals surface area (Å²) in [5.41, 5.74) is 2.09. The van der Waals surface area contributed by atoms with Gasteiger partial charge in [0.15, 0.2) is 0 Å². The Balaban J connectivity index is 1.50. The van der Waals surface area contributed by atoms with Gasteiger partial charge in [-0.25, -0.2) is 18.4 Å². The fourth-order valence-electron chi connectivity index (χ4n) is 9.12. The van der Waals surface area contributed by atoms with Gasteiger partial charge in [-0.15, -0.1) is 0 Å². The zero-order valence-electron chi connectivity index (χ0n) is 36.0. The number of primary amides is 1. The second-order valence-corrected chi connectivity index (χ2v) is 19.6. The largest absolute Gasteiger partial charge is 0.445 e. The van der Waals surface area contributed by atoms with Crippen molar-refractivity contribution >= 4 is 41.5 Å². The van der Waals surface area contributed by atoms with Crippen LogP contribution in [0.5, 0.6) is 0 Å². The summed E-state index contributed by atoms with van der Waals surface area (Å²) < 4.78 is 32.3. The molecule has 328 valence electrons. The average Bonchev–Trinajstić information content (AvgIpc) is 3.31. The third-order valence-electron chi connectivity index (χ3n) is 13.1. The molecule has 1 saturated heterocycles. The zero-order valence-corrected chi connectivity index (χ0v) is 36.0. The van der Waals surface area contributed by atoms with Gasteiger partial charge in [0, 0.05) is 24.9 Å². The number of carbonyl (C=O) groups excluding carboxylic acids is 7. The Morgan fingerprint density at radius 1 is 0.881 bits per heavy atom. The summed E-state index contributed by atoms with van der Waals surface area (Å²) in [5.74, 6) is -4.83. The van der Waals surface area contributed by atoms with Gasteiger partial charge in [-0.05, 0) is 60.3 Å². The highest BCUT2D eigenvalue weighted by atomic mass is 19.3. The number of likely N-dealkylation sites (tertiary alicyclic amines) is 1. The molecule has 2 spiro atoms. The molecule has 2 unspecified atom stereocenters. The lowest BCUT2D eigenvalue weighted by molar-refractivity contribution is -0.143. The minimum atomic E-state index is -3.03. The molecule has 17 heteroatoms. The lowest BCUT2D eigenvalue weighted by Crippen LogP contribution is -2.62. The fourth-order valence-corrected chi connectivity index (χ4v) is 9.12. The number of alkyl halides is 2. The van der Waals surface area contributed by atoms with E-state index in [4.69, 9.17) is 10.5 Å². The van der Waals surface area contributed by atoms with Crippen molar-refractivity contribution < 1.29 is 47.1 Å². The molecule has 1 heterocycles. The summed E-state index contributed by atoms with van der Waals surface area (Å²) in [7, 11) is 0. The summed E-state index contributed by atoms with van der Waals surface area (Å²) in [4.78, 5) is 94.1. The molecule has 1 aromatic rings. The van der Waals surface area contributed by atoms with E-state index in [1.807, 2.05) is 39.0 Å². The minimum absolute atomic E-state index is 0.0125. The van der Waals surface area contributed by atoms with Gasteiger partial charge in [0.25, 0.3) is 5.91 Å². The third kappa shape index (κ3) is 9.80. The molecule has 5 atom stereocenters. The van der Waals surface area contributed by atoms with E-state index in [-0.39, 0.29) is 36.9 Å². The molecule has 59 heavy (non-hydrogen) atoms. The molecule has 2 saturated carbocycles. The highest BCUT2D eigenvalue weighted by molar-refractivity contribution is 6.37. The minimum Gasteiger partial charge on any atom is -0.445 e. The summed E-state index contributed by atoms with van der Waals surface area (Å²) in [6.07, 6.45) is -1.99. The monoisotopic (exact) mass is 831 g/mol. The number of nitrogens with zero attached hydrogens (tertiary/aromatic N) is 1. The normalized spacial score (nSPS) is 22.1. The molecule has 0 radical (unpaired) electrons. The first-order valence-corrected chi connectivity index (χ1v) is 20.2. The fraction of sp³-hybridized carbons (Fsp3) is 0.690. The van der Waals surface area contributed by atoms with E-state index in [1.54, 1.807) is 32.9 Å². The van der Waals surface area contributed by atoms with E-state index in [1.165, 1.54) is 18.7 Å². The standard InChI is InChI=1S/C42H63F2N7O8/c1-37(2,3)27(21-46-34(56)39(7,8)50-36(58)59-22-24-15-12-11-13-16-24)48-35(57)49-30(38(4,5)6)33(55)51-23-42(40(9,10)41(42)17-14-18-41)20-26(51)32(54)47-25(19-28(43)44)29(52)31(45)53/h11-13,15-16,25-28,30H,14,17-23H2,1-10H3,(H2,45,53)(H,46,56)(H,47,54)(H,50,58)(H2,48,49,57)/t25?,26-,27?,30+,42-/m0/s1. The second kappa shape index (κ2) is 17.0. The van der Waals surface area contributed by atoms with Crippen LogP contribution in [0, 0.1) is 27.1 Å². The Labute approximate surface area is 345 Å². The maximum Gasteiger partial charge on any atom is 0.408 e. The first-order valence-electron chi connectivity index (χ1n) is 20.2. The van der Waals surface area contributed by atoms with E-state index in [9.17, 15) is 42.3 Å². The molecule has 4 rings (SSSR count). The summed E-state index contributed by atoms with van der Waals surface area (Å²) in [6.45, 7) is 18.1. The zero-order chi connectivity index (χ0) is 44.5. The second-order valence-electron chi connectivity index (χ2n) is 19.6. The number of carbonyl (C=O) groups is 7. The molecule has 2 aliphatic carbocycles. The van der Waals surface area contributed by atoms with Gasteiger partial charge in [-0.3, -0.25) is 24.0 Å². The maximum atomic E-state index is 14.8. The van der Waals surface area contributed by atoms with Crippen LogP contribution in [0.25, 0.3) is 0 Å². The molecule has 3 aliphatic rings. The molecule has 7 N–H and O–H groups in total. The van der Waals surface area contributed by atoms with Crippen LogP contribution < -0.4 is 32.3 Å². The van der Waals surface area contributed by atoms with Crippen LogP contribution in [-0.4, -0.2) is 95.7 Å². The number of halogens is 2. The van der Waals surface area contributed by atoms with Gasteiger partial charge in [-0.1, -0.05) is 92.1 Å². The summed E-state index contributed by atoms with van der Waals surface area (Å²) in [5, 5.41) is 13.4. The van der Waals surface area contributed by atoms with Gasteiger partial charge < -0.3 is 42.0 Å². The van der Waals surface area contributed by atoms with E-state index < -0.39 is 100 Å². The highest BCUT2D eigenvalue weighted by Crippen LogP contribution is 2.88. The van der Waals surface area contributed by atoms with Gasteiger partial charge >= 0.3 is 12.1 Å². The van der Waals surface area contributed by atoms with Crippen molar-refractivity contribution in [2.24, 2.45) is 32.8 Å². The number of urea groups is 1. The molecule has 1 aliphatic heterocycles. The van der Waals surface area contributed by atoms with Crippen LogP contribution in [-0.2, 0) is 35.3 Å². The molecule has 3 fully saturated rings. The van der Waals surface area contributed by atoms with E-state index in [2.05, 4.69) is 40.4 Å². The van der Waals surface area contributed by atoms with Crippen molar-refractivity contribution in [1.82, 2.24) is 31.5 Å². The predicted octanol–water partition coefficient (Wildman–Crippen LogP) is 3.93. The number of fused-ring (bicyclic) bond motifs is 1.